The molecule has 1 aromatic rings. The van der Waals surface area contributed by atoms with E-state index in [-0.39, 0.29) is 0 Å². The van der Waals surface area contributed by atoms with Gasteiger partial charge in [-0.05, 0) is 39.7 Å². The molecule has 0 saturated heterocycles. The maximum Gasteiger partial charge on any atom is 0.133 e. The molecular formula is C10H11BrClNO. The van der Waals surface area contributed by atoms with Crippen LogP contribution in [0.3, 0.4) is 0 Å². The van der Waals surface area contributed by atoms with Gasteiger partial charge in [0.05, 0.1) is 4.47 Å². The predicted octanol–water partition coefficient (Wildman–Crippen LogP) is 3.04. The molecule has 0 saturated carbocycles. The normalized spacial score (nSPS) is 10.8. The molecule has 4 heteroatoms. The van der Waals surface area contributed by atoms with Crippen LogP contribution in [-0.2, 0) is 6.54 Å². The number of ether oxygens (including phenoxy) is 1. The van der Waals surface area contributed by atoms with Gasteiger partial charge in [-0.15, -0.1) is 0 Å². The van der Waals surface area contributed by atoms with Crippen molar-refractivity contribution >= 4 is 27.5 Å². The van der Waals surface area contributed by atoms with E-state index in [4.69, 9.17) is 22.1 Å². The van der Waals surface area contributed by atoms with E-state index < -0.39 is 0 Å². The zero-order valence-corrected chi connectivity index (χ0v) is 9.88. The summed E-state index contributed by atoms with van der Waals surface area (Å²) in [6, 6.07) is 5.76. The second-order valence-electron chi connectivity index (χ2n) is 2.64. The van der Waals surface area contributed by atoms with Crippen LogP contribution in [0.15, 0.2) is 34.3 Å². The molecule has 14 heavy (non-hydrogen) atoms. The summed E-state index contributed by atoms with van der Waals surface area (Å²) in [7, 11) is 0. The number of halogens is 2. The first-order valence-corrected chi connectivity index (χ1v) is 5.37. The van der Waals surface area contributed by atoms with Crippen LogP contribution in [0.2, 0.25) is 0 Å². The lowest BCUT2D eigenvalue weighted by molar-refractivity contribution is 0.360. The molecule has 0 atom stereocenters. The van der Waals surface area contributed by atoms with Crippen molar-refractivity contribution in [2.24, 2.45) is 5.73 Å². The van der Waals surface area contributed by atoms with Gasteiger partial charge in [-0.2, -0.15) is 0 Å². The van der Waals surface area contributed by atoms with Crippen LogP contribution >= 0.6 is 27.5 Å². The maximum atomic E-state index is 5.50. The Morgan fingerprint density at radius 1 is 1.50 bits per heavy atom. The Kier molecular flexibility index (Phi) is 5.01. The highest BCUT2D eigenvalue weighted by atomic mass is 79.9. The first-order valence-electron chi connectivity index (χ1n) is 4.14. The van der Waals surface area contributed by atoms with Gasteiger partial charge in [0.1, 0.15) is 12.4 Å². The van der Waals surface area contributed by atoms with Crippen LogP contribution in [0, 0.1) is 0 Å². The average molecular weight is 277 g/mol. The average Bonchev–Trinajstić information content (AvgIpc) is 2.20. The zero-order chi connectivity index (χ0) is 10.4. The zero-order valence-electron chi connectivity index (χ0n) is 7.54. The van der Waals surface area contributed by atoms with Gasteiger partial charge in [0, 0.05) is 12.1 Å². The van der Waals surface area contributed by atoms with Crippen molar-refractivity contribution in [2.75, 3.05) is 6.61 Å². The Morgan fingerprint density at radius 3 is 2.86 bits per heavy atom. The van der Waals surface area contributed by atoms with Crippen LogP contribution in [-0.4, -0.2) is 6.61 Å². The van der Waals surface area contributed by atoms with Gasteiger partial charge >= 0.3 is 0 Å². The van der Waals surface area contributed by atoms with E-state index in [1.165, 1.54) is 5.54 Å². The largest absolute Gasteiger partial charge is 0.488 e. The standard InChI is InChI=1S/C10H11BrClNO/c11-9-6-8(7-13)2-3-10(9)14-5-1-4-12/h1-4,6H,5,7,13H2. The lowest BCUT2D eigenvalue weighted by Gasteiger charge is -2.06. The van der Waals surface area contributed by atoms with E-state index in [1.54, 1.807) is 6.08 Å². The van der Waals surface area contributed by atoms with Gasteiger partial charge in [-0.3, -0.25) is 0 Å². The Morgan fingerprint density at radius 2 is 2.29 bits per heavy atom. The molecule has 0 bridgehead atoms. The highest BCUT2D eigenvalue weighted by molar-refractivity contribution is 9.10. The van der Waals surface area contributed by atoms with Gasteiger partial charge in [0.2, 0.25) is 0 Å². The van der Waals surface area contributed by atoms with Gasteiger partial charge in [-0.1, -0.05) is 17.7 Å². The Labute approximate surface area is 96.8 Å². The fourth-order valence-corrected chi connectivity index (χ4v) is 1.58. The van der Waals surface area contributed by atoms with Crippen molar-refractivity contribution in [3.05, 3.63) is 39.8 Å². The third-order valence-electron chi connectivity index (χ3n) is 1.66. The van der Waals surface area contributed by atoms with Crippen LogP contribution in [0.1, 0.15) is 5.56 Å². The Hall–Kier alpha value is -0.510. The third-order valence-corrected chi connectivity index (χ3v) is 2.45. The molecule has 0 radical (unpaired) electrons. The summed E-state index contributed by atoms with van der Waals surface area (Å²) in [5.74, 6) is 0.789. The van der Waals surface area contributed by atoms with Crippen molar-refractivity contribution in [2.45, 2.75) is 6.54 Å². The quantitative estimate of drug-likeness (QED) is 0.917. The summed E-state index contributed by atoms with van der Waals surface area (Å²) < 4.78 is 6.32. The number of nitrogens with two attached hydrogens (primary N) is 1. The second kappa shape index (κ2) is 6.06. The summed E-state index contributed by atoms with van der Waals surface area (Å²) in [6.45, 7) is 0.991. The minimum Gasteiger partial charge on any atom is -0.488 e. The lowest BCUT2D eigenvalue weighted by atomic mass is 10.2. The summed E-state index contributed by atoms with van der Waals surface area (Å²) in [5, 5.41) is 0. The number of hydrogen-bond donors (Lipinski definition) is 1. The molecule has 76 valence electrons. The molecule has 1 rings (SSSR count). The maximum absolute atomic E-state index is 5.50. The van der Waals surface area contributed by atoms with E-state index in [1.807, 2.05) is 18.2 Å². The molecule has 0 aromatic heterocycles. The van der Waals surface area contributed by atoms with Gasteiger partial charge in [0.15, 0.2) is 0 Å². The fraction of sp³-hybridized carbons (Fsp3) is 0.200. The molecule has 0 fully saturated rings. The molecule has 0 aliphatic carbocycles. The highest BCUT2D eigenvalue weighted by Crippen LogP contribution is 2.25. The smallest absolute Gasteiger partial charge is 0.133 e. The number of benzene rings is 1. The minimum atomic E-state index is 0.462. The highest BCUT2D eigenvalue weighted by Gasteiger charge is 2.00. The molecule has 2 nitrogen and oxygen atoms in total. The van der Waals surface area contributed by atoms with E-state index in [9.17, 15) is 0 Å². The summed E-state index contributed by atoms with van der Waals surface area (Å²) in [6.07, 6.45) is 1.73. The van der Waals surface area contributed by atoms with Crippen molar-refractivity contribution in [1.82, 2.24) is 0 Å². The van der Waals surface area contributed by atoms with Crippen molar-refractivity contribution in [3.63, 3.8) is 0 Å². The summed E-state index contributed by atoms with van der Waals surface area (Å²) >= 11 is 8.77. The first kappa shape index (κ1) is 11.6. The van der Waals surface area contributed by atoms with Crippen molar-refractivity contribution < 1.29 is 4.74 Å². The SMILES string of the molecule is NCc1ccc(OCC=CCl)c(Br)c1. The third kappa shape index (κ3) is 3.33. The van der Waals surface area contributed by atoms with Crippen LogP contribution in [0.25, 0.3) is 0 Å². The molecule has 0 amide bonds. The van der Waals surface area contributed by atoms with Crippen LogP contribution < -0.4 is 10.5 Å². The molecular weight excluding hydrogens is 265 g/mol. The monoisotopic (exact) mass is 275 g/mol. The minimum absolute atomic E-state index is 0.462. The van der Waals surface area contributed by atoms with Crippen molar-refractivity contribution in [1.29, 1.82) is 0 Å². The van der Waals surface area contributed by atoms with E-state index in [0.29, 0.717) is 13.2 Å². The molecule has 0 heterocycles. The van der Waals surface area contributed by atoms with Crippen LogP contribution in [0.4, 0.5) is 0 Å². The van der Waals surface area contributed by atoms with Gasteiger partial charge < -0.3 is 10.5 Å². The first-order chi connectivity index (χ1) is 6.77. The van der Waals surface area contributed by atoms with E-state index >= 15 is 0 Å². The summed E-state index contributed by atoms with van der Waals surface area (Å²) in [4.78, 5) is 0. The Balaban J connectivity index is 2.68. The second-order valence-corrected chi connectivity index (χ2v) is 3.75. The molecule has 0 unspecified atom stereocenters. The van der Waals surface area contributed by atoms with E-state index in [2.05, 4.69) is 15.9 Å². The van der Waals surface area contributed by atoms with Gasteiger partial charge in [-0.25, -0.2) is 0 Å². The fourth-order valence-electron chi connectivity index (χ4n) is 0.963. The lowest BCUT2D eigenvalue weighted by Crippen LogP contribution is -1.98. The predicted molar refractivity (Wildman–Crippen MR) is 62.5 cm³/mol. The van der Waals surface area contributed by atoms with Crippen LogP contribution in [0.5, 0.6) is 5.75 Å². The molecule has 0 aliphatic rings. The molecule has 0 spiro atoms. The summed E-state index contributed by atoms with van der Waals surface area (Å²) in [5.41, 5.74) is 8.00. The topological polar surface area (TPSA) is 35.2 Å². The van der Waals surface area contributed by atoms with Gasteiger partial charge in [0.25, 0.3) is 0 Å². The van der Waals surface area contributed by atoms with E-state index in [0.717, 1.165) is 15.8 Å². The van der Waals surface area contributed by atoms with Crippen molar-refractivity contribution in [3.8, 4) is 5.75 Å². The Bertz CT molecular complexity index is 328. The number of rotatable bonds is 4. The molecule has 0 aliphatic heterocycles. The molecule has 1 aromatic carbocycles. The molecule has 2 N–H and O–H groups in total. The number of hydrogen-bond acceptors (Lipinski definition) is 2.